The van der Waals surface area contributed by atoms with E-state index in [9.17, 15) is 4.79 Å². The van der Waals surface area contributed by atoms with Crippen LogP contribution in [0.1, 0.15) is 48.0 Å². The molecule has 0 aliphatic heterocycles. The molecule has 0 fully saturated rings. The first-order chi connectivity index (χ1) is 9.15. The van der Waals surface area contributed by atoms with Crippen LogP contribution in [0.2, 0.25) is 0 Å². The highest BCUT2D eigenvalue weighted by Crippen LogP contribution is 2.07. The predicted octanol–water partition coefficient (Wildman–Crippen LogP) is 2.55. The van der Waals surface area contributed by atoms with Gasteiger partial charge in [0.25, 0.3) is 0 Å². The lowest BCUT2D eigenvalue weighted by atomic mass is 10.1. The van der Waals surface area contributed by atoms with Gasteiger partial charge >= 0.3 is 6.09 Å². The number of alkyl carbamates (subject to hydrolysis) is 1. The molecule has 0 saturated heterocycles. The Morgan fingerprint density at radius 3 is 2.25 bits per heavy atom. The molecule has 20 heavy (non-hydrogen) atoms. The number of ether oxygens (including phenoxy) is 2. The smallest absolute Gasteiger partial charge is 0.407 e. The van der Waals surface area contributed by atoms with Crippen molar-refractivity contribution < 1.29 is 14.3 Å². The monoisotopic (exact) mass is 288 g/mol. The van der Waals surface area contributed by atoms with Crippen molar-refractivity contribution in [1.29, 1.82) is 0 Å². The summed E-state index contributed by atoms with van der Waals surface area (Å²) in [7, 11) is 1.71. The average molecular weight is 288 g/mol. The van der Waals surface area contributed by atoms with Gasteiger partial charge in [-0.15, -0.1) is 0 Å². The van der Waals surface area contributed by atoms with Gasteiger partial charge in [-0.2, -0.15) is 0 Å². The van der Waals surface area contributed by atoms with Crippen LogP contribution in [-0.4, -0.2) is 44.0 Å². The van der Waals surface area contributed by atoms with Gasteiger partial charge in [0.15, 0.2) is 0 Å². The lowest BCUT2D eigenvalue weighted by molar-refractivity contribution is 0.0505. The fourth-order valence-electron chi connectivity index (χ4n) is 1.73. The van der Waals surface area contributed by atoms with Crippen molar-refractivity contribution in [3.05, 3.63) is 0 Å². The fraction of sp³-hybridized carbons (Fsp3) is 0.933. The van der Waals surface area contributed by atoms with Crippen molar-refractivity contribution in [3.63, 3.8) is 0 Å². The first-order valence-electron chi connectivity index (χ1n) is 7.37. The van der Waals surface area contributed by atoms with Crippen molar-refractivity contribution in [3.8, 4) is 0 Å². The van der Waals surface area contributed by atoms with E-state index in [0.29, 0.717) is 18.6 Å². The van der Waals surface area contributed by atoms with Crippen molar-refractivity contribution in [2.75, 3.05) is 20.3 Å². The average Bonchev–Trinajstić information content (AvgIpc) is 2.24. The quantitative estimate of drug-likeness (QED) is 0.720. The molecule has 0 aliphatic rings. The van der Waals surface area contributed by atoms with Crippen LogP contribution in [0.4, 0.5) is 4.79 Å². The molecule has 0 rings (SSSR count). The highest BCUT2D eigenvalue weighted by Gasteiger charge is 2.18. The van der Waals surface area contributed by atoms with Gasteiger partial charge in [0, 0.05) is 19.2 Å². The minimum absolute atomic E-state index is 0.0766. The Bertz CT molecular complexity index is 275. The Labute approximate surface area is 123 Å². The van der Waals surface area contributed by atoms with Crippen molar-refractivity contribution >= 4 is 6.09 Å². The maximum absolute atomic E-state index is 11.6. The van der Waals surface area contributed by atoms with Crippen LogP contribution in [0.15, 0.2) is 0 Å². The molecule has 0 bridgehead atoms. The highest BCUT2D eigenvalue weighted by molar-refractivity contribution is 5.67. The fourth-order valence-corrected chi connectivity index (χ4v) is 1.73. The molecule has 0 aromatic carbocycles. The number of amides is 1. The van der Waals surface area contributed by atoms with E-state index in [-0.39, 0.29) is 12.1 Å². The Kier molecular flexibility index (Phi) is 8.81. The van der Waals surface area contributed by atoms with Gasteiger partial charge in [-0.05, 0) is 46.6 Å². The van der Waals surface area contributed by atoms with Gasteiger partial charge in [-0.25, -0.2) is 4.79 Å². The van der Waals surface area contributed by atoms with Gasteiger partial charge < -0.3 is 20.1 Å². The summed E-state index contributed by atoms with van der Waals surface area (Å²) in [4.78, 5) is 11.6. The maximum atomic E-state index is 11.6. The summed E-state index contributed by atoms with van der Waals surface area (Å²) in [5, 5.41) is 6.29. The van der Waals surface area contributed by atoms with Crippen LogP contribution in [0.25, 0.3) is 0 Å². The number of hydrogen-bond donors (Lipinski definition) is 2. The van der Waals surface area contributed by atoms with E-state index in [1.807, 2.05) is 27.7 Å². The van der Waals surface area contributed by atoms with Crippen LogP contribution in [0, 0.1) is 5.92 Å². The molecule has 2 N–H and O–H groups in total. The Hall–Kier alpha value is -0.810. The number of carbonyl (C=O) groups is 1. The van der Waals surface area contributed by atoms with Crippen LogP contribution in [0.5, 0.6) is 0 Å². The van der Waals surface area contributed by atoms with Crippen LogP contribution >= 0.6 is 0 Å². The maximum Gasteiger partial charge on any atom is 0.407 e. The molecular weight excluding hydrogens is 256 g/mol. The summed E-state index contributed by atoms with van der Waals surface area (Å²) in [6, 6.07) is 0.418. The molecule has 0 aliphatic carbocycles. The molecule has 0 aromatic heterocycles. The van der Waals surface area contributed by atoms with E-state index >= 15 is 0 Å². The topological polar surface area (TPSA) is 59.6 Å². The van der Waals surface area contributed by atoms with Gasteiger partial charge in [0.2, 0.25) is 0 Å². The zero-order valence-corrected chi connectivity index (χ0v) is 14.1. The van der Waals surface area contributed by atoms with E-state index in [0.717, 1.165) is 13.0 Å². The summed E-state index contributed by atoms with van der Waals surface area (Å²) in [6.45, 7) is 13.4. The van der Waals surface area contributed by atoms with Crippen LogP contribution in [-0.2, 0) is 9.47 Å². The molecule has 120 valence electrons. The first kappa shape index (κ1) is 19.2. The SMILES string of the molecule is COCC(NCCC(C)NC(=O)OC(C)(C)C)C(C)C. The standard InChI is InChI=1S/C15H32N2O3/c1-11(2)13(10-19-7)16-9-8-12(3)17-14(18)20-15(4,5)6/h11-13,16H,8-10H2,1-7H3,(H,17,18). The highest BCUT2D eigenvalue weighted by atomic mass is 16.6. The predicted molar refractivity (Wildman–Crippen MR) is 82.0 cm³/mol. The molecule has 1 amide bonds. The minimum Gasteiger partial charge on any atom is -0.444 e. The number of rotatable bonds is 8. The Morgan fingerprint density at radius 1 is 1.20 bits per heavy atom. The summed E-state index contributed by atoms with van der Waals surface area (Å²) in [6.07, 6.45) is 0.494. The second-order valence-corrected chi connectivity index (χ2v) is 6.60. The van der Waals surface area contributed by atoms with E-state index in [2.05, 4.69) is 24.5 Å². The molecule has 2 atom stereocenters. The molecule has 5 heteroatoms. The van der Waals surface area contributed by atoms with Gasteiger partial charge in [0.1, 0.15) is 5.60 Å². The third-order valence-electron chi connectivity index (χ3n) is 2.90. The van der Waals surface area contributed by atoms with Crippen molar-refractivity contribution in [2.24, 2.45) is 5.92 Å². The normalized spacial score (nSPS) is 15.0. The molecule has 0 saturated carbocycles. The molecule has 0 spiro atoms. The summed E-state index contributed by atoms with van der Waals surface area (Å²) in [5.41, 5.74) is -0.455. The van der Waals surface area contributed by atoms with Crippen molar-refractivity contribution in [1.82, 2.24) is 10.6 Å². The minimum atomic E-state index is -0.455. The lowest BCUT2D eigenvalue weighted by Crippen LogP contribution is -2.42. The summed E-state index contributed by atoms with van der Waals surface area (Å²) >= 11 is 0. The molecule has 0 heterocycles. The van der Waals surface area contributed by atoms with E-state index < -0.39 is 5.60 Å². The van der Waals surface area contributed by atoms with Gasteiger partial charge in [0.05, 0.1) is 6.61 Å². The van der Waals surface area contributed by atoms with Crippen LogP contribution in [0.3, 0.4) is 0 Å². The molecular formula is C15H32N2O3. The largest absolute Gasteiger partial charge is 0.444 e. The molecule has 0 radical (unpaired) electrons. The Morgan fingerprint density at radius 2 is 1.80 bits per heavy atom. The van der Waals surface area contributed by atoms with E-state index in [1.165, 1.54) is 0 Å². The first-order valence-corrected chi connectivity index (χ1v) is 7.37. The van der Waals surface area contributed by atoms with Crippen molar-refractivity contribution in [2.45, 2.75) is 65.6 Å². The zero-order chi connectivity index (χ0) is 15.8. The third-order valence-corrected chi connectivity index (χ3v) is 2.90. The number of nitrogens with one attached hydrogen (secondary N) is 2. The number of methoxy groups -OCH3 is 1. The van der Waals surface area contributed by atoms with E-state index in [1.54, 1.807) is 7.11 Å². The Balaban J connectivity index is 3.92. The molecule has 0 aromatic rings. The van der Waals surface area contributed by atoms with Crippen LogP contribution < -0.4 is 10.6 Å². The number of hydrogen-bond acceptors (Lipinski definition) is 4. The molecule has 2 unspecified atom stereocenters. The third kappa shape index (κ3) is 10.0. The lowest BCUT2D eigenvalue weighted by Gasteiger charge is -2.24. The second-order valence-electron chi connectivity index (χ2n) is 6.60. The molecule has 5 nitrogen and oxygen atoms in total. The summed E-state index contributed by atoms with van der Waals surface area (Å²) in [5.74, 6) is 0.518. The summed E-state index contributed by atoms with van der Waals surface area (Å²) < 4.78 is 10.4. The number of carbonyl (C=O) groups excluding carboxylic acids is 1. The van der Waals surface area contributed by atoms with Gasteiger partial charge in [-0.3, -0.25) is 0 Å². The second kappa shape index (κ2) is 9.19. The van der Waals surface area contributed by atoms with E-state index in [4.69, 9.17) is 9.47 Å². The zero-order valence-electron chi connectivity index (χ0n) is 14.1. The van der Waals surface area contributed by atoms with Gasteiger partial charge in [-0.1, -0.05) is 13.8 Å².